The predicted molar refractivity (Wildman–Crippen MR) is 155 cm³/mol. The molecule has 0 saturated carbocycles. The molecule has 0 unspecified atom stereocenters. The summed E-state index contributed by atoms with van der Waals surface area (Å²) in [6.07, 6.45) is 0. The Morgan fingerprint density at radius 3 is 1.58 bits per heavy atom. The van der Waals surface area contributed by atoms with Crippen molar-refractivity contribution >= 4 is 21.9 Å². The van der Waals surface area contributed by atoms with Gasteiger partial charge in [0.25, 0.3) is 0 Å². The Labute approximate surface area is 220 Å². The number of furan rings is 1. The van der Waals surface area contributed by atoms with Crippen molar-refractivity contribution in [2.45, 2.75) is 5.41 Å². The first-order valence-corrected chi connectivity index (χ1v) is 13.2. The highest BCUT2D eigenvalue weighted by Crippen LogP contribution is 2.62. The lowest BCUT2D eigenvalue weighted by atomic mass is 9.70. The first-order valence-electron chi connectivity index (χ1n) is 13.2. The summed E-state index contributed by atoms with van der Waals surface area (Å²) in [4.78, 5) is 0. The lowest BCUT2D eigenvalue weighted by molar-refractivity contribution is 0.669. The average molecular weight is 483 g/mol. The molecule has 0 radical (unpaired) electrons. The number of hydrogen-bond donors (Lipinski definition) is 0. The van der Waals surface area contributed by atoms with Crippen LogP contribution in [0.3, 0.4) is 0 Å². The summed E-state index contributed by atoms with van der Waals surface area (Å²) in [7, 11) is 0. The Kier molecular flexibility index (Phi) is 3.78. The molecule has 38 heavy (non-hydrogen) atoms. The molecule has 1 heterocycles. The minimum atomic E-state index is -0.291. The molecule has 0 saturated heterocycles. The minimum absolute atomic E-state index is 0.291. The second-order valence-corrected chi connectivity index (χ2v) is 10.5. The molecular formula is C37H22O. The number of hydrogen-bond acceptors (Lipinski definition) is 1. The second kappa shape index (κ2) is 7.12. The largest absolute Gasteiger partial charge is 0.456 e. The van der Waals surface area contributed by atoms with Crippen LogP contribution in [0, 0.1) is 0 Å². The molecule has 1 spiro atoms. The van der Waals surface area contributed by atoms with Crippen molar-refractivity contribution in [2.24, 2.45) is 0 Å². The van der Waals surface area contributed by atoms with Gasteiger partial charge in [-0.2, -0.15) is 0 Å². The molecule has 0 amide bonds. The highest BCUT2D eigenvalue weighted by Gasteiger charge is 2.51. The van der Waals surface area contributed by atoms with Gasteiger partial charge in [-0.3, -0.25) is 0 Å². The Morgan fingerprint density at radius 2 is 0.868 bits per heavy atom. The molecule has 1 aromatic heterocycles. The monoisotopic (exact) mass is 482 g/mol. The van der Waals surface area contributed by atoms with E-state index in [-0.39, 0.29) is 5.41 Å². The molecule has 7 aromatic rings. The first kappa shape index (κ1) is 20.2. The first-order chi connectivity index (χ1) is 18.8. The summed E-state index contributed by atoms with van der Waals surface area (Å²) >= 11 is 0. The van der Waals surface area contributed by atoms with Crippen LogP contribution in [0.25, 0.3) is 55.3 Å². The molecule has 176 valence electrons. The summed E-state index contributed by atoms with van der Waals surface area (Å²) < 4.78 is 6.22. The number of benzene rings is 6. The van der Waals surface area contributed by atoms with Crippen LogP contribution in [-0.4, -0.2) is 0 Å². The van der Waals surface area contributed by atoms with Crippen LogP contribution in [0.5, 0.6) is 0 Å². The lowest BCUT2D eigenvalue weighted by Crippen LogP contribution is -2.25. The van der Waals surface area contributed by atoms with Crippen molar-refractivity contribution in [2.75, 3.05) is 0 Å². The maximum Gasteiger partial charge on any atom is 0.136 e. The second-order valence-electron chi connectivity index (χ2n) is 10.5. The van der Waals surface area contributed by atoms with Gasteiger partial charge in [-0.05, 0) is 79.9 Å². The molecule has 9 rings (SSSR count). The summed E-state index contributed by atoms with van der Waals surface area (Å²) in [6.45, 7) is 0. The van der Waals surface area contributed by atoms with E-state index in [1.54, 1.807) is 0 Å². The topological polar surface area (TPSA) is 13.1 Å². The van der Waals surface area contributed by atoms with E-state index < -0.39 is 0 Å². The van der Waals surface area contributed by atoms with Crippen LogP contribution in [0.4, 0.5) is 0 Å². The van der Waals surface area contributed by atoms with Crippen LogP contribution in [0.2, 0.25) is 0 Å². The molecule has 0 atom stereocenters. The van der Waals surface area contributed by atoms with Crippen molar-refractivity contribution in [1.29, 1.82) is 0 Å². The summed E-state index contributed by atoms with van der Waals surface area (Å²) in [5.74, 6) is 0. The summed E-state index contributed by atoms with van der Waals surface area (Å²) in [5, 5.41) is 2.33. The predicted octanol–water partition coefficient (Wildman–Crippen LogP) is 9.60. The van der Waals surface area contributed by atoms with E-state index in [1.165, 1.54) is 55.6 Å². The van der Waals surface area contributed by atoms with Gasteiger partial charge in [-0.1, -0.05) is 109 Å². The van der Waals surface area contributed by atoms with E-state index in [1.807, 2.05) is 12.1 Å². The molecule has 2 aliphatic rings. The van der Waals surface area contributed by atoms with Crippen LogP contribution >= 0.6 is 0 Å². The maximum absolute atomic E-state index is 6.22. The third kappa shape index (κ3) is 2.37. The molecule has 0 fully saturated rings. The Bertz CT molecular complexity index is 2050. The van der Waals surface area contributed by atoms with Crippen LogP contribution in [0.15, 0.2) is 138 Å². The van der Waals surface area contributed by atoms with Crippen LogP contribution in [-0.2, 0) is 5.41 Å². The van der Waals surface area contributed by atoms with Crippen LogP contribution in [0.1, 0.15) is 22.3 Å². The normalized spacial score (nSPS) is 14.0. The average Bonchev–Trinajstić information content (AvgIpc) is 3.60. The SMILES string of the molecule is c1ccc2c(c1)-c1ccccc1C21c2ccccc2-c2cc(-c3ccc4c(c3)oc3ccccc34)ccc21. The number of rotatable bonds is 1. The molecule has 1 heteroatoms. The summed E-state index contributed by atoms with van der Waals surface area (Å²) in [5.41, 5.74) is 14.8. The van der Waals surface area contributed by atoms with E-state index in [4.69, 9.17) is 4.42 Å². The van der Waals surface area contributed by atoms with Gasteiger partial charge in [0.2, 0.25) is 0 Å². The van der Waals surface area contributed by atoms with Crippen molar-refractivity contribution in [3.63, 3.8) is 0 Å². The Morgan fingerprint density at radius 1 is 0.368 bits per heavy atom. The van der Waals surface area contributed by atoms with E-state index in [0.29, 0.717) is 0 Å². The highest BCUT2D eigenvalue weighted by atomic mass is 16.3. The van der Waals surface area contributed by atoms with Crippen molar-refractivity contribution in [1.82, 2.24) is 0 Å². The van der Waals surface area contributed by atoms with Gasteiger partial charge >= 0.3 is 0 Å². The Balaban J connectivity index is 1.31. The fourth-order valence-corrected chi connectivity index (χ4v) is 7.18. The molecule has 6 aromatic carbocycles. The third-order valence-electron chi connectivity index (χ3n) is 8.71. The smallest absolute Gasteiger partial charge is 0.136 e. The Hall–Kier alpha value is -4.88. The van der Waals surface area contributed by atoms with E-state index in [9.17, 15) is 0 Å². The van der Waals surface area contributed by atoms with Crippen LogP contribution < -0.4 is 0 Å². The lowest BCUT2D eigenvalue weighted by Gasteiger charge is -2.30. The zero-order valence-corrected chi connectivity index (χ0v) is 20.6. The number of fused-ring (bicyclic) bond motifs is 13. The molecule has 0 bridgehead atoms. The quantitative estimate of drug-likeness (QED) is 0.227. The zero-order valence-electron chi connectivity index (χ0n) is 20.6. The standard InChI is InChI=1S/C37H22O/c1-5-13-31-25(9-1)26-10-2-6-14-32(26)37(31)33-15-7-3-11-27(33)30-21-23(18-20-34(30)37)24-17-19-29-28-12-4-8-16-35(28)38-36(29)22-24/h1-22H. The number of para-hydroxylation sites is 1. The van der Waals surface area contributed by atoms with E-state index in [0.717, 1.165) is 21.9 Å². The molecule has 0 aliphatic heterocycles. The van der Waals surface area contributed by atoms with Gasteiger partial charge in [-0.15, -0.1) is 0 Å². The maximum atomic E-state index is 6.22. The van der Waals surface area contributed by atoms with E-state index >= 15 is 0 Å². The van der Waals surface area contributed by atoms with Gasteiger partial charge in [0.15, 0.2) is 0 Å². The zero-order chi connectivity index (χ0) is 24.8. The fraction of sp³-hybridized carbons (Fsp3) is 0.0270. The van der Waals surface area contributed by atoms with Gasteiger partial charge in [-0.25, -0.2) is 0 Å². The third-order valence-corrected chi connectivity index (χ3v) is 8.71. The molecular weight excluding hydrogens is 460 g/mol. The van der Waals surface area contributed by atoms with Gasteiger partial charge in [0, 0.05) is 10.8 Å². The molecule has 1 nitrogen and oxygen atoms in total. The van der Waals surface area contributed by atoms with E-state index in [2.05, 4.69) is 121 Å². The fourth-order valence-electron chi connectivity index (χ4n) is 7.18. The summed E-state index contributed by atoms with van der Waals surface area (Å²) in [6, 6.07) is 48.8. The highest BCUT2D eigenvalue weighted by molar-refractivity contribution is 6.06. The van der Waals surface area contributed by atoms with Crippen molar-refractivity contribution in [3.05, 3.63) is 156 Å². The van der Waals surface area contributed by atoms with Crippen molar-refractivity contribution < 1.29 is 4.42 Å². The molecule has 0 N–H and O–H groups in total. The van der Waals surface area contributed by atoms with Crippen molar-refractivity contribution in [3.8, 4) is 33.4 Å². The minimum Gasteiger partial charge on any atom is -0.456 e. The van der Waals surface area contributed by atoms with Gasteiger partial charge in [0.1, 0.15) is 11.2 Å². The van der Waals surface area contributed by atoms with Gasteiger partial charge in [0.05, 0.1) is 5.41 Å². The molecule has 2 aliphatic carbocycles. The van der Waals surface area contributed by atoms with Gasteiger partial charge < -0.3 is 4.42 Å².